The summed E-state index contributed by atoms with van der Waals surface area (Å²) in [5, 5.41) is 2.67. The minimum absolute atomic E-state index is 0.0457. The molecule has 1 amide bonds. The van der Waals surface area contributed by atoms with Crippen molar-refractivity contribution in [1.29, 1.82) is 0 Å². The van der Waals surface area contributed by atoms with Gasteiger partial charge in [-0.1, -0.05) is 0 Å². The summed E-state index contributed by atoms with van der Waals surface area (Å²) in [4.78, 5) is 30.4. The van der Waals surface area contributed by atoms with Crippen molar-refractivity contribution in [2.45, 2.75) is 18.9 Å². The molecule has 3 heterocycles. The molecular formula is C12H16N8O. The quantitative estimate of drug-likeness (QED) is 0.771. The zero-order valence-electron chi connectivity index (χ0n) is 11.6. The summed E-state index contributed by atoms with van der Waals surface area (Å²) in [5.41, 5.74) is 5.76. The molecule has 1 aliphatic heterocycles. The lowest BCUT2D eigenvalue weighted by atomic mass is 10.2. The first-order valence-electron chi connectivity index (χ1n) is 6.67. The lowest BCUT2D eigenvalue weighted by Crippen LogP contribution is -2.42. The molecule has 1 aliphatic rings. The van der Waals surface area contributed by atoms with Crippen LogP contribution in [0.15, 0.2) is 18.7 Å². The third-order valence-electron chi connectivity index (χ3n) is 3.42. The van der Waals surface area contributed by atoms with Crippen LogP contribution in [0.4, 0.5) is 11.9 Å². The molecule has 1 fully saturated rings. The zero-order chi connectivity index (χ0) is 14.8. The lowest BCUT2D eigenvalue weighted by molar-refractivity contribution is -0.121. The number of carbonyl (C=O) groups is 1. The molecule has 21 heavy (non-hydrogen) atoms. The number of rotatable bonds is 3. The molecule has 1 saturated heterocycles. The maximum absolute atomic E-state index is 11.9. The summed E-state index contributed by atoms with van der Waals surface area (Å²) in [6.07, 6.45) is 6.61. The number of hydrogen-bond acceptors (Lipinski definition) is 7. The number of likely N-dealkylation sites (N-methyl/N-ethyl adjacent to an activating group) is 1. The second-order valence-corrected chi connectivity index (χ2v) is 4.73. The van der Waals surface area contributed by atoms with E-state index in [9.17, 15) is 4.79 Å². The molecule has 0 bridgehead atoms. The van der Waals surface area contributed by atoms with E-state index in [2.05, 4.69) is 25.3 Å². The summed E-state index contributed by atoms with van der Waals surface area (Å²) in [5.74, 6) is 0.872. The van der Waals surface area contributed by atoms with Gasteiger partial charge in [0, 0.05) is 26.0 Å². The van der Waals surface area contributed by atoms with E-state index in [1.165, 1.54) is 0 Å². The van der Waals surface area contributed by atoms with Crippen molar-refractivity contribution in [3.05, 3.63) is 18.7 Å². The van der Waals surface area contributed by atoms with Gasteiger partial charge in [-0.05, 0) is 12.8 Å². The van der Waals surface area contributed by atoms with Gasteiger partial charge in [-0.25, -0.2) is 4.98 Å². The molecule has 9 heteroatoms. The molecule has 0 radical (unpaired) electrons. The van der Waals surface area contributed by atoms with Crippen molar-refractivity contribution in [1.82, 2.24) is 29.8 Å². The average molecular weight is 288 g/mol. The highest BCUT2D eigenvalue weighted by Crippen LogP contribution is 2.23. The predicted molar refractivity (Wildman–Crippen MR) is 75.8 cm³/mol. The molecule has 3 rings (SSSR count). The smallest absolute Gasteiger partial charge is 0.242 e. The minimum Gasteiger partial charge on any atom is -0.368 e. The second-order valence-electron chi connectivity index (χ2n) is 4.73. The van der Waals surface area contributed by atoms with E-state index in [4.69, 9.17) is 5.73 Å². The molecule has 0 saturated carbocycles. The van der Waals surface area contributed by atoms with Gasteiger partial charge < -0.3 is 16.0 Å². The number of carbonyl (C=O) groups excluding carboxylic acids is 1. The van der Waals surface area contributed by atoms with Crippen molar-refractivity contribution in [2.75, 3.05) is 24.2 Å². The summed E-state index contributed by atoms with van der Waals surface area (Å²) < 4.78 is 1.65. The molecule has 0 aliphatic carbocycles. The Balaban J connectivity index is 1.97. The summed E-state index contributed by atoms with van der Waals surface area (Å²) in [6.45, 7) is 0.713. The van der Waals surface area contributed by atoms with Gasteiger partial charge in [-0.15, -0.1) is 0 Å². The number of nitrogens with zero attached hydrogens (tertiary/aromatic N) is 6. The highest BCUT2D eigenvalue weighted by Gasteiger charge is 2.32. The van der Waals surface area contributed by atoms with Crippen LogP contribution in [-0.4, -0.2) is 50.0 Å². The fourth-order valence-corrected chi connectivity index (χ4v) is 2.44. The van der Waals surface area contributed by atoms with Crippen LogP contribution in [0.5, 0.6) is 0 Å². The number of anilines is 2. The molecule has 1 unspecified atom stereocenters. The van der Waals surface area contributed by atoms with Crippen LogP contribution in [0, 0.1) is 0 Å². The van der Waals surface area contributed by atoms with Crippen molar-refractivity contribution < 1.29 is 4.79 Å². The van der Waals surface area contributed by atoms with E-state index < -0.39 is 0 Å². The Labute approximate surface area is 121 Å². The standard InChI is InChI=1S/C12H16N8O/c1-14-9(21)8-3-2-5-20(8)12-17-10(13)16-11(18-12)19-6-4-15-7-19/h4,6-8H,2-3,5H2,1H3,(H,14,21)(H2,13,16,17,18). The van der Waals surface area contributed by atoms with Gasteiger partial charge in [-0.3, -0.25) is 9.36 Å². The normalized spacial score (nSPS) is 18.0. The molecule has 0 spiro atoms. The minimum atomic E-state index is -0.271. The summed E-state index contributed by atoms with van der Waals surface area (Å²) in [7, 11) is 1.62. The summed E-state index contributed by atoms with van der Waals surface area (Å²) >= 11 is 0. The lowest BCUT2D eigenvalue weighted by Gasteiger charge is -2.23. The Kier molecular flexibility index (Phi) is 3.38. The first-order valence-corrected chi connectivity index (χ1v) is 6.67. The molecular weight excluding hydrogens is 272 g/mol. The van der Waals surface area contributed by atoms with Crippen molar-refractivity contribution in [2.24, 2.45) is 0 Å². The number of nitrogens with one attached hydrogen (secondary N) is 1. The fourth-order valence-electron chi connectivity index (χ4n) is 2.44. The molecule has 110 valence electrons. The highest BCUT2D eigenvalue weighted by molar-refractivity contribution is 5.85. The van der Waals surface area contributed by atoms with Gasteiger partial charge in [0.15, 0.2) is 0 Å². The van der Waals surface area contributed by atoms with Gasteiger partial charge >= 0.3 is 0 Å². The monoisotopic (exact) mass is 288 g/mol. The number of hydrogen-bond donors (Lipinski definition) is 2. The highest BCUT2D eigenvalue weighted by atomic mass is 16.2. The van der Waals surface area contributed by atoms with Crippen LogP contribution in [0.2, 0.25) is 0 Å². The Morgan fingerprint density at radius 2 is 2.19 bits per heavy atom. The number of imidazole rings is 1. The molecule has 9 nitrogen and oxygen atoms in total. The van der Waals surface area contributed by atoms with Gasteiger partial charge in [0.1, 0.15) is 12.4 Å². The number of amides is 1. The fraction of sp³-hybridized carbons (Fsp3) is 0.417. The molecule has 2 aromatic heterocycles. The third-order valence-corrected chi connectivity index (χ3v) is 3.42. The van der Waals surface area contributed by atoms with Gasteiger partial charge in [0.05, 0.1) is 0 Å². The first kappa shape index (κ1) is 13.3. The topological polar surface area (TPSA) is 115 Å². The Morgan fingerprint density at radius 3 is 2.90 bits per heavy atom. The maximum Gasteiger partial charge on any atom is 0.242 e. The van der Waals surface area contributed by atoms with Crippen molar-refractivity contribution in [3.63, 3.8) is 0 Å². The van der Waals surface area contributed by atoms with Crippen molar-refractivity contribution >= 4 is 17.8 Å². The number of aromatic nitrogens is 5. The van der Waals surface area contributed by atoms with Crippen LogP contribution >= 0.6 is 0 Å². The number of nitrogen functional groups attached to an aromatic ring is 1. The SMILES string of the molecule is CNC(=O)C1CCCN1c1nc(N)nc(-n2ccnc2)n1. The van der Waals surface area contributed by atoms with Crippen LogP contribution < -0.4 is 16.0 Å². The van der Waals surface area contributed by atoms with E-state index in [0.29, 0.717) is 18.4 Å². The van der Waals surface area contributed by atoms with Gasteiger partial charge in [-0.2, -0.15) is 15.0 Å². The van der Waals surface area contributed by atoms with E-state index in [1.807, 2.05) is 4.90 Å². The van der Waals surface area contributed by atoms with E-state index >= 15 is 0 Å². The second kappa shape index (κ2) is 5.35. The van der Waals surface area contributed by atoms with Crippen molar-refractivity contribution in [3.8, 4) is 5.95 Å². The van der Waals surface area contributed by atoms with Crippen LogP contribution in [0.1, 0.15) is 12.8 Å². The van der Waals surface area contributed by atoms with Crippen LogP contribution in [0.3, 0.4) is 0 Å². The largest absolute Gasteiger partial charge is 0.368 e. The Bertz CT molecular complexity index is 641. The molecule has 1 atom stereocenters. The maximum atomic E-state index is 11.9. The van der Waals surface area contributed by atoms with Gasteiger partial charge in [0.25, 0.3) is 0 Å². The third kappa shape index (κ3) is 2.49. The van der Waals surface area contributed by atoms with E-state index in [0.717, 1.165) is 12.8 Å². The van der Waals surface area contributed by atoms with E-state index in [1.54, 1.807) is 30.3 Å². The Morgan fingerprint density at radius 1 is 1.38 bits per heavy atom. The molecule has 3 N–H and O–H groups in total. The van der Waals surface area contributed by atoms with E-state index in [-0.39, 0.29) is 17.9 Å². The van der Waals surface area contributed by atoms with Gasteiger partial charge in [0.2, 0.25) is 23.8 Å². The Hall–Kier alpha value is -2.71. The average Bonchev–Trinajstić information content (AvgIpc) is 3.16. The predicted octanol–water partition coefficient (Wildman–Crippen LogP) is -0.646. The van der Waals surface area contributed by atoms with Crippen LogP contribution in [-0.2, 0) is 4.79 Å². The van der Waals surface area contributed by atoms with Crippen LogP contribution in [0.25, 0.3) is 5.95 Å². The number of nitrogens with two attached hydrogens (primary N) is 1. The molecule has 0 aromatic carbocycles. The first-order chi connectivity index (χ1) is 10.2. The zero-order valence-corrected chi connectivity index (χ0v) is 11.6. The summed E-state index contributed by atoms with van der Waals surface area (Å²) in [6, 6.07) is -0.271. The molecule has 2 aromatic rings.